The van der Waals surface area contributed by atoms with E-state index in [9.17, 15) is 13.6 Å². The number of methoxy groups -OCH3 is 2. The van der Waals surface area contributed by atoms with Crippen molar-refractivity contribution in [2.75, 3.05) is 19.5 Å². The maximum atomic E-state index is 12.7. The molecule has 0 aliphatic carbocycles. The number of benzene rings is 2. The molecule has 0 fully saturated rings. The highest BCUT2D eigenvalue weighted by Crippen LogP contribution is 2.33. The Hall–Kier alpha value is -3.62. The third kappa shape index (κ3) is 4.63. The average molecular weight is 403 g/mol. The molecule has 2 aromatic carbocycles. The van der Waals surface area contributed by atoms with Gasteiger partial charge in [0.2, 0.25) is 0 Å². The van der Waals surface area contributed by atoms with E-state index in [0.29, 0.717) is 28.4 Å². The Morgan fingerprint density at radius 2 is 1.86 bits per heavy atom. The van der Waals surface area contributed by atoms with Crippen molar-refractivity contribution in [3.05, 3.63) is 54.2 Å². The van der Waals surface area contributed by atoms with Gasteiger partial charge in [-0.3, -0.25) is 9.48 Å². The number of carbonyl (C=O) groups is 1. The van der Waals surface area contributed by atoms with Crippen molar-refractivity contribution in [2.45, 2.75) is 6.61 Å². The number of nitrogens with zero attached hydrogens (tertiary/aromatic N) is 2. The standard InChI is InChI=1S/C20H19F2N3O4/c1-25-17(19(26)23-12-5-4-6-14(9-12)29-20(21)22)11-16(24-25)15-10-13(27-2)7-8-18(15)28-3/h4-11,20H,1-3H3,(H,23,26). The van der Waals surface area contributed by atoms with E-state index in [-0.39, 0.29) is 11.4 Å². The number of alkyl halides is 2. The van der Waals surface area contributed by atoms with Crippen molar-refractivity contribution >= 4 is 11.6 Å². The topological polar surface area (TPSA) is 74.6 Å². The molecule has 3 aromatic rings. The highest BCUT2D eigenvalue weighted by molar-refractivity contribution is 6.03. The lowest BCUT2D eigenvalue weighted by Crippen LogP contribution is -2.16. The number of halogens is 2. The number of ether oxygens (including phenoxy) is 3. The van der Waals surface area contributed by atoms with Gasteiger partial charge in [-0.05, 0) is 36.4 Å². The van der Waals surface area contributed by atoms with Crippen molar-refractivity contribution < 1.29 is 27.8 Å². The third-order valence-electron chi connectivity index (χ3n) is 4.11. The molecule has 152 valence electrons. The second kappa shape index (κ2) is 8.59. The molecule has 7 nitrogen and oxygen atoms in total. The fourth-order valence-corrected chi connectivity index (χ4v) is 2.77. The normalized spacial score (nSPS) is 10.7. The van der Waals surface area contributed by atoms with Crippen LogP contribution < -0.4 is 19.5 Å². The van der Waals surface area contributed by atoms with Crippen molar-refractivity contribution in [3.63, 3.8) is 0 Å². The van der Waals surface area contributed by atoms with Gasteiger partial charge in [0.1, 0.15) is 22.9 Å². The maximum Gasteiger partial charge on any atom is 0.387 e. The number of aromatic nitrogens is 2. The van der Waals surface area contributed by atoms with Gasteiger partial charge in [0, 0.05) is 24.4 Å². The number of aryl methyl sites for hydroxylation is 1. The maximum absolute atomic E-state index is 12.7. The SMILES string of the molecule is COc1ccc(OC)c(-c2cc(C(=O)Nc3cccc(OC(F)F)c3)n(C)n2)c1. The first-order chi connectivity index (χ1) is 13.9. The van der Waals surface area contributed by atoms with Crippen LogP contribution in [0.2, 0.25) is 0 Å². The monoisotopic (exact) mass is 403 g/mol. The van der Waals surface area contributed by atoms with E-state index in [1.807, 2.05) is 0 Å². The molecule has 0 spiro atoms. The summed E-state index contributed by atoms with van der Waals surface area (Å²) in [5.41, 5.74) is 1.76. The van der Waals surface area contributed by atoms with E-state index < -0.39 is 12.5 Å². The van der Waals surface area contributed by atoms with Crippen LogP contribution in [0.15, 0.2) is 48.5 Å². The van der Waals surface area contributed by atoms with Crippen LogP contribution in [0.4, 0.5) is 14.5 Å². The lowest BCUT2D eigenvalue weighted by Gasteiger charge is -2.08. The molecule has 0 aliphatic rings. The van der Waals surface area contributed by atoms with E-state index in [1.165, 1.54) is 30.0 Å². The van der Waals surface area contributed by atoms with Gasteiger partial charge in [-0.1, -0.05) is 6.07 Å². The second-order valence-corrected chi connectivity index (χ2v) is 5.97. The minimum absolute atomic E-state index is 0.0513. The molecule has 1 amide bonds. The van der Waals surface area contributed by atoms with Crippen molar-refractivity contribution in [3.8, 4) is 28.5 Å². The van der Waals surface area contributed by atoms with Crippen LogP contribution in [0.25, 0.3) is 11.3 Å². The molecule has 1 N–H and O–H groups in total. The van der Waals surface area contributed by atoms with Gasteiger partial charge >= 0.3 is 6.61 Å². The number of amides is 1. The molecular weight excluding hydrogens is 384 g/mol. The molecule has 0 unspecified atom stereocenters. The van der Waals surface area contributed by atoms with E-state index in [2.05, 4.69) is 15.2 Å². The predicted octanol–water partition coefficient (Wildman–Crippen LogP) is 3.96. The Kier molecular flexibility index (Phi) is 5.96. The predicted molar refractivity (Wildman–Crippen MR) is 103 cm³/mol. The average Bonchev–Trinajstić information content (AvgIpc) is 3.09. The molecule has 9 heteroatoms. The molecular formula is C20H19F2N3O4. The molecule has 1 heterocycles. The molecule has 0 radical (unpaired) electrons. The fourth-order valence-electron chi connectivity index (χ4n) is 2.77. The smallest absolute Gasteiger partial charge is 0.387 e. The van der Waals surface area contributed by atoms with Crippen LogP contribution in [0.3, 0.4) is 0 Å². The zero-order chi connectivity index (χ0) is 21.0. The van der Waals surface area contributed by atoms with Gasteiger partial charge in [0.05, 0.1) is 19.9 Å². The first kappa shape index (κ1) is 20.1. The van der Waals surface area contributed by atoms with Crippen LogP contribution in [0, 0.1) is 0 Å². The summed E-state index contributed by atoms with van der Waals surface area (Å²) >= 11 is 0. The first-order valence-electron chi connectivity index (χ1n) is 8.54. The summed E-state index contributed by atoms with van der Waals surface area (Å²) in [5.74, 6) is 0.688. The lowest BCUT2D eigenvalue weighted by molar-refractivity contribution is -0.0498. The molecule has 29 heavy (non-hydrogen) atoms. The molecule has 3 rings (SSSR count). The van der Waals surface area contributed by atoms with Crippen molar-refractivity contribution in [2.24, 2.45) is 7.05 Å². The third-order valence-corrected chi connectivity index (χ3v) is 4.11. The molecule has 0 aliphatic heterocycles. The van der Waals surface area contributed by atoms with Crippen LogP contribution in [0.1, 0.15) is 10.5 Å². The molecule has 0 saturated carbocycles. The minimum atomic E-state index is -2.95. The van der Waals surface area contributed by atoms with Crippen LogP contribution in [0.5, 0.6) is 17.2 Å². The van der Waals surface area contributed by atoms with Gasteiger partial charge in [-0.25, -0.2) is 0 Å². The first-order valence-corrected chi connectivity index (χ1v) is 8.54. The van der Waals surface area contributed by atoms with Gasteiger partial charge in [-0.2, -0.15) is 13.9 Å². The second-order valence-electron chi connectivity index (χ2n) is 5.97. The molecule has 0 saturated heterocycles. The van der Waals surface area contributed by atoms with Crippen LogP contribution in [-0.2, 0) is 7.05 Å². The van der Waals surface area contributed by atoms with E-state index in [0.717, 1.165) is 0 Å². The highest BCUT2D eigenvalue weighted by Gasteiger charge is 2.18. The summed E-state index contributed by atoms with van der Waals surface area (Å²) < 4.78 is 41.1. The quantitative estimate of drug-likeness (QED) is 0.646. The summed E-state index contributed by atoms with van der Waals surface area (Å²) in [7, 11) is 4.71. The van der Waals surface area contributed by atoms with E-state index in [4.69, 9.17) is 9.47 Å². The summed E-state index contributed by atoms with van der Waals surface area (Å²) in [6.07, 6.45) is 0. The number of rotatable bonds is 7. The van der Waals surface area contributed by atoms with Crippen molar-refractivity contribution in [1.82, 2.24) is 9.78 Å². The van der Waals surface area contributed by atoms with Gasteiger partial charge in [-0.15, -0.1) is 0 Å². The molecule has 0 bridgehead atoms. The summed E-state index contributed by atoms with van der Waals surface area (Å²) in [6, 6.07) is 12.6. The molecule has 1 aromatic heterocycles. The summed E-state index contributed by atoms with van der Waals surface area (Å²) in [4.78, 5) is 12.7. The number of carbonyl (C=O) groups excluding carboxylic acids is 1. The zero-order valence-corrected chi connectivity index (χ0v) is 16.0. The van der Waals surface area contributed by atoms with Gasteiger partial charge in [0.25, 0.3) is 5.91 Å². The Morgan fingerprint density at radius 3 is 2.55 bits per heavy atom. The zero-order valence-electron chi connectivity index (χ0n) is 16.0. The van der Waals surface area contributed by atoms with Gasteiger partial charge < -0.3 is 19.5 Å². The van der Waals surface area contributed by atoms with Crippen LogP contribution in [-0.4, -0.2) is 36.5 Å². The lowest BCUT2D eigenvalue weighted by atomic mass is 10.1. The number of anilines is 1. The van der Waals surface area contributed by atoms with E-state index >= 15 is 0 Å². The number of hydrogen-bond donors (Lipinski definition) is 1. The minimum Gasteiger partial charge on any atom is -0.497 e. The Labute approximate surface area is 165 Å². The van der Waals surface area contributed by atoms with Gasteiger partial charge in [0.15, 0.2) is 0 Å². The fraction of sp³-hybridized carbons (Fsp3) is 0.200. The largest absolute Gasteiger partial charge is 0.497 e. The Balaban J connectivity index is 1.86. The molecule has 0 atom stereocenters. The van der Waals surface area contributed by atoms with E-state index in [1.54, 1.807) is 44.5 Å². The highest BCUT2D eigenvalue weighted by atomic mass is 19.3. The summed E-state index contributed by atoms with van der Waals surface area (Å²) in [6.45, 7) is -2.95. The summed E-state index contributed by atoms with van der Waals surface area (Å²) in [5, 5.41) is 7.03. The number of nitrogens with one attached hydrogen (secondary N) is 1. The Bertz CT molecular complexity index is 1020. The van der Waals surface area contributed by atoms with Crippen molar-refractivity contribution in [1.29, 1.82) is 0 Å². The number of hydrogen-bond acceptors (Lipinski definition) is 5. The Morgan fingerprint density at radius 1 is 1.07 bits per heavy atom. The van der Waals surface area contributed by atoms with Crippen LogP contribution >= 0.6 is 0 Å².